The maximum Gasteiger partial charge on any atom is 0.254 e. The number of halogens is 1. The number of dihydropyridines is 1. The molecule has 3 aromatic carbocycles. The zero-order chi connectivity index (χ0) is 27.9. The second-order valence-electron chi connectivity index (χ2n) is 8.83. The van der Waals surface area contributed by atoms with Crippen molar-refractivity contribution in [3.8, 4) is 11.8 Å². The van der Waals surface area contributed by atoms with Crippen molar-refractivity contribution in [1.29, 1.82) is 5.26 Å². The monoisotopic (exact) mass is 542 g/mol. The van der Waals surface area contributed by atoms with Gasteiger partial charge in [0.2, 0.25) is 5.91 Å². The molecule has 0 spiro atoms. The van der Waals surface area contributed by atoms with Gasteiger partial charge in [0.15, 0.2) is 0 Å². The largest absolute Gasteiger partial charge is 0.495 e. The first kappa shape index (κ1) is 27.5. The number of ether oxygens (including phenoxy) is 1. The number of allylic oxidation sites excluding steroid dienone is 2. The maximum absolute atomic E-state index is 15.1. The zero-order valence-electron chi connectivity index (χ0n) is 21.7. The molecular formula is C30H27FN4O3S. The molecule has 39 heavy (non-hydrogen) atoms. The predicted molar refractivity (Wildman–Crippen MR) is 152 cm³/mol. The number of anilines is 2. The number of thioether (sulfide) groups is 1. The fourth-order valence-electron chi connectivity index (χ4n) is 4.34. The molecule has 1 heterocycles. The van der Waals surface area contributed by atoms with Crippen LogP contribution in [0.5, 0.6) is 5.75 Å². The second-order valence-corrected chi connectivity index (χ2v) is 9.82. The highest BCUT2D eigenvalue weighted by Gasteiger charge is 2.36. The molecule has 0 fully saturated rings. The molecule has 1 atom stereocenters. The van der Waals surface area contributed by atoms with Gasteiger partial charge in [-0.3, -0.25) is 9.59 Å². The second kappa shape index (κ2) is 12.3. The lowest BCUT2D eigenvalue weighted by atomic mass is 9.82. The predicted octanol–water partition coefficient (Wildman–Crippen LogP) is 5.85. The van der Waals surface area contributed by atoms with Gasteiger partial charge < -0.3 is 20.7 Å². The Morgan fingerprint density at radius 1 is 1.05 bits per heavy atom. The van der Waals surface area contributed by atoms with E-state index >= 15 is 4.39 Å². The molecule has 7 nitrogen and oxygen atoms in total. The van der Waals surface area contributed by atoms with E-state index in [1.807, 2.05) is 25.1 Å². The number of para-hydroxylation sites is 2. The molecule has 4 rings (SSSR count). The molecule has 1 aliphatic heterocycles. The Kier molecular flexibility index (Phi) is 8.69. The summed E-state index contributed by atoms with van der Waals surface area (Å²) < 4.78 is 20.5. The maximum atomic E-state index is 15.1. The number of hydrogen-bond acceptors (Lipinski definition) is 6. The van der Waals surface area contributed by atoms with Crippen molar-refractivity contribution in [2.75, 3.05) is 23.5 Å². The number of nitriles is 1. The Balaban J connectivity index is 1.66. The first-order valence-electron chi connectivity index (χ1n) is 12.1. The number of benzene rings is 3. The van der Waals surface area contributed by atoms with E-state index in [0.717, 1.165) is 17.3 Å². The minimum Gasteiger partial charge on any atom is -0.495 e. The van der Waals surface area contributed by atoms with Crippen LogP contribution in [0.2, 0.25) is 0 Å². The van der Waals surface area contributed by atoms with Crippen molar-refractivity contribution in [3.05, 3.63) is 112 Å². The molecule has 9 heteroatoms. The van der Waals surface area contributed by atoms with Crippen LogP contribution < -0.4 is 20.7 Å². The van der Waals surface area contributed by atoms with Crippen LogP contribution in [0.4, 0.5) is 15.8 Å². The molecule has 0 bridgehead atoms. The van der Waals surface area contributed by atoms with Crippen molar-refractivity contribution in [2.45, 2.75) is 19.8 Å². The number of amides is 2. The summed E-state index contributed by atoms with van der Waals surface area (Å²) in [4.78, 5) is 26.3. The fraction of sp³-hybridized carbons (Fsp3) is 0.167. The molecule has 0 aromatic heterocycles. The third-order valence-corrected chi connectivity index (χ3v) is 7.13. The topological polar surface area (TPSA) is 103 Å². The summed E-state index contributed by atoms with van der Waals surface area (Å²) in [6.07, 6.45) is 0. The van der Waals surface area contributed by atoms with E-state index in [1.54, 1.807) is 55.5 Å². The lowest BCUT2D eigenvalue weighted by Gasteiger charge is -2.30. The van der Waals surface area contributed by atoms with Gasteiger partial charge in [0.05, 0.1) is 41.1 Å². The van der Waals surface area contributed by atoms with Gasteiger partial charge in [-0.05, 0) is 49.7 Å². The molecule has 0 radical (unpaired) electrons. The zero-order valence-corrected chi connectivity index (χ0v) is 22.5. The summed E-state index contributed by atoms with van der Waals surface area (Å²) in [6, 6.07) is 22.6. The molecule has 1 aliphatic rings. The SMILES string of the molecule is COc1ccccc1NC(=O)C1=C(C)NC(SCC(=O)Nc2cccc(C)c2)=C(C#N)C1c1ccccc1F. The van der Waals surface area contributed by atoms with Gasteiger partial charge in [-0.2, -0.15) is 5.26 Å². The first-order valence-corrected chi connectivity index (χ1v) is 13.1. The first-order chi connectivity index (χ1) is 18.8. The number of carbonyl (C=O) groups excluding carboxylic acids is 2. The van der Waals surface area contributed by atoms with Crippen LogP contribution in [0.25, 0.3) is 0 Å². The quantitative estimate of drug-likeness (QED) is 0.330. The van der Waals surface area contributed by atoms with Crippen LogP contribution in [0, 0.1) is 24.1 Å². The fourth-order valence-corrected chi connectivity index (χ4v) is 5.23. The average molecular weight is 543 g/mol. The summed E-state index contributed by atoms with van der Waals surface area (Å²) in [5.41, 5.74) is 3.07. The average Bonchev–Trinajstić information content (AvgIpc) is 2.92. The molecule has 1 unspecified atom stereocenters. The van der Waals surface area contributed by atoms with Gasteiger partial charge in [0.1, 0.15) is 11.6 Å². The van der Waals surface area contributed by atoms with Crippen molar-refractivity contribution in [2.24, 2.45) is 0 Å². The van der Waals surface area contributed by atoms with E-state index in [2.05, 4.69) is 22.0 Å². The van der Waals surface area contributed by atoms with Crippen molar-refractivity contribution >= 4 is 35.0 Å². The molecule has 0 aliphatic carbocycles. The Morgan fingerprint density at radius 3 is 2.51 bits per heavy atom. The van der Waals surface area contributed by atoms with Crippen LogP contribution >= 0.6 is 11.8 Å². The third-order valence-electron chi connectivity index (χ3n) is 6.11. The molecule has 198 valence electrons. The molecule has 0 saturated carbocycles. The number of nitrogens with zero attached hydrogens (tertiary/aromatic N) is 1. The number of methoxy groups -OCH3 is 1. The Labute approximate surface area is 230 Å². The van der Waals surface area contributed by atoms with Gasteiger partial charge in [-0.1, -0.05) is 54.2 Å². The van der Waals surface area contributed by atoms with E-state index in [1.165, 1.54) is 13.2 Å². The highest BCUT2D eigenvalue weighted by Crippen LogP contribution is 2.42. The van der Waals surface area contributed by atoms with Gasteiger partial charge in [0, 0.05) is 22.5 Å². The smallest absolute Gasteiger partial charge is 0.254 e. The molecular weight excluding hydrogens is 515 g/mol. The number of aryl methyl sites for hydroxylation is 1. The number of hydrogen-bond donors (Lipinski definition) is 3. The molecule has 3 N–H and O–H groups in total. The summed E-state index contributed by atoms with van der Waals surface area (Å²) in [5, 5.41) is 19.4. The van der Waals surface area contributed by atoms with Crippen molar-refractivity contribution < 1.29 is 18.7 Å². The molecule has 2 amide bonds. The third kappa shape index (κ3) is 6.30. The van der Waals surface area contributed by atoms with Crippen molar-refractivity contribution in [3.63, 3.8) is 0 Å². The summed E-state index contributed by atoms with van der Waals surface area (Å²) in [5.74, 6) is -1.85. The van der Waals surface area contributed by atoms with Gasteiger partial charge >= 0.3 is 0 Å². The summed E-state index contributed by atoms with van der Waals surface area (Å²) >= 11 is 1.12. The van der Waals surface area contributed by atoms with Crippen molar-refractivity contribution in [1.82, 2.24) is 5.32 Å². The van der Waals surface area contributed by atoms with E-state index in [-0.39, 0.29) is 28.4 Å². The Bertz CT molecular complexity index is 1530. The summed E-state index contributed by atoms with van der Waals surface area (Å²) in [7, 11) is 1.49. The standard InChI is InChI=1S/C30H27FN4O3S/c1-18-9-8-10-20(15-18)34-26(36)17-39-30-22(16-32)28(21-11-4-5-12-23(21)31)27(19(2)33-30)29(37)35-24-13-6-7-14-25(24)38-3/h4-15,28,33H,17H2,1-3H3,(H,34,36)(H,35,37). The van der Waals surface area contributed by atoms with Gasteiger partial charge in [-0.25, -0.2) is 4.39 Å². The molecule has 0 saturated heterocycles. The van der Waals surface area contributed by atoms with Crippen LogP contribution in [-0.4, -0.2) is 24.7 Å². The van der Waals surface area contributed by atoms with Crippen LogP contribution in [0.15, 0.2) is 94.7 Å². The van der Waals surface area contributed by atoms with E-state index in [0.29, 0.717) is 27.9 Å². The Morgan fingerprint density at radius 2 is 1.79 bits per heavy atom. The lowest BCUT2D eigenvalue weighted by Crippen LogP contribution is -2.31. The minimum absolute atomic E-state index is 0.00146. The summed E-state index contributed by atoms with van der Waals surface area (Å²) in [6.45, 7) is 3.62. The van der Waals surface area contributed by atoms with Crippen LogP contribution in [-0.2, 0) is 9.59 Å². The van der Waals surface area contributed by atoms with Gasteiger partial charge in [0.25, 0.3) is 5.91 Å². The Hall–Kier alpha value is -4.55. The number of nitrogens with one attached hydrogen (secondary N) is 3. The number of carbonyl (C=O) groups is 2. The number of rotatable bonds is 8. The van der Waals surface area contributed by atoms with Crippen LogP contribution in [0.3, 0.4) is 0 Å². The highest BCUT2D eigenvalue weighted by atomic mass is 32.2. The van der Waals surface area contributed by atoms with E-state index in [9.17, 15) is 14.9 Å². The lowest BCUT2D eigenvalue weighted by molar-refractivity contribution is -0.114. The minimum atomic E-state index is -0.991. The van der Waals surface area contributed by atoms with Crippen LogP contribution in [0.1, 0.15) is 24.0 Å². The normalized spacial score (nSPS) is 14.8. The van der Waals surface area contributed by atoms with Gasteiger partial charge in [-0.15, -0.1) is 0 Å². The molecule has 3 aromatic rings. The van der Waals surface area contributed by atoms with E-state index < -0.39 is 17.6 Å². The highest BCUT2D eigenvalue weighted by molar-refractivity contribution is 8.03. The van der Waals surface area contributed by atoms with E-state index in [4.69, 9.17) is 4.74 Å².